The molecule has 1 rings (SSSR count). The normalized spacial score (nSPS) is 9.46. The van der Waals surface area contributed by atoms with Gasteiger partial charge in [0, 0.05) is 5.56 Å². The number of amides is 1. The summed E-state index contributed by atoms with van der Waals surface area (Å²) in [5, 5.41) is 16.4. The molecular formula is C8H9NO4. The van der Waals surface area contributed by atoms with Crippen LogP contribution in [0.25, 0.3) is 0 Å². The van der Waals surface area contributed by atoms with Gasteiger partial charge in [0.2, 0.25) is 0 Å². The minimum atomic E-state index is -0.904. The standard InChI is InChI=1S/C8H9NO4/c1-13-7-4-2-3-6(5-7)8(10)9(11)12/h2-5,11-12H,1H3. The van der Waals surface area contributed by atoms with Gasteiger partial charge in [-0.05, 0) is 18.2 Å². The Hall–Kier alpha value is -1.59. The highest BCUT2D eigenvalue weighted by Crippen LogP contribution is 2.13. The van der Waals surface area contributed by atoms with Crippen molar-refractivity contribution in [2.75, 3.05) is 7.11 Å². The first-order chi connectivity index (χ1) is 6.15. The molecule has 0 aliphatic rings. The predicted molar refractivity (Wildman–Crippen MR) is 42.7 cm³/mol. The largest absolute Gasteiger partial charge is 0.497 e. The average Bonchev–Trinajstić information content (AvgIpc) is 2.16. The molecule has 0 fully saturated rings. The van der Waals surface area contributed by atoms with Gasteiger partial charge in [-0.25, -0.2) is 0 Å². The number of hydroxylamine groups is 2. The summed E-state index contributed by atoms with van der Waals surface area (Å²) in [4.78, 5) is 11.0. The van der Waals surface area contributed by atoms with Crippen molar-refractivity contribution in [2.24, 2.45) is 0 Å². The molecule has 0 radical (unpaired) electrons. The molecule has 13 heavy (non-hydrogen) atoms. The summed E-state index contributed by atoms with van der Waals surface area (Å²) in [6.07, 6.45) is 0. The average molecular weight is 183 g/mol. The van der Waals surface area contributed by atoms with Crippen LogP contribution in [-0.4, -0.2) is 28.7 Å². The Labute approximate surface area is 74.7 Å². The van der Waals surface area contributed by atoms with Crippen LogP contribution in [-0.2, 0) is 0 Å². The zero-order valence-corrected chi connectivity index (χ0v) is 6.97. The van der Waals surface area contributed by atoms with Gasteiger partial charge in [-0.15, -0.1) is 0 Å². The molecule has 1 aromatic rings. The SMILES string of the molecule is COc1cccc(C(=O)N(O)O)c1. The van der Waals surface area contributed by atoms with E-state index in [0.29, 0.717) is 5.75 Å². The summed E-state index contributed by atoms with van der Waals surface area (Å²) < 4.78 is 4.85. The number of ether oxygens (including phenoxy) is 1. The van der Waals surface area contributed by atoms with Gasteiger partial charge < -0.3 is 4.74 Å². The van der Waals surface area contributed by atoms with E-state index >= 15 is 0 Å². The van der Waals surface area contributed by atoms with Crippen molar-refractivity contribution in [1.82, 2.24) is 5.23 Å². The lowest BCUT2D eigenvalue weighted by atomic mass is 10.2. The highest BCUT2D eigenvalue weighted by atomic mass is 16.8. The van der Waals surface area contributed by atoms with Crippen LogP contribution in [0.2, 0.25) is 0 Å². The maximum atomic E-state index is 11.0. The van der Waals surface area contributed by atoms with Crippen molar-refractivity contribution in [3.63, 3.8) is 0 Å². The number of hydrogen-bond donors (Lipinski definition) is 2. The van der Waals surface area contributed by atoms with Crippen molar-refractivity contribution in [2.45, 2.75) is 0 Å². The summed E-state index contributed by atoms with van der Waals surface area (Å²) in [5.74, 6) is -0.424. The smallest absolute Gasteiger partial charge is 0.303 e. The lowest BCUT2D eigenvalue weighted by molar-refractivity contribution is -0.260. The molecule has 5 heteroatoms. The first-order valence-electron chi connectivity index (χ1n) is 3.51. The van der Waals surface area contributed by atoms with E-state index in [9.17, 15) is 4.79 Å². The van der Waals surface area contributed by atoms with Gasteiger partial charge in [-0.3, -0.25) is 15.2 Å². The fourth-order valence-electron chi connectivity index (χ4n) is 0.872. The molecule has 0 heterocycles. The molecular weight excluding hydrogens is 174 g/mol. The second kappa shape index (κ2) is 3.88. The maximum Gasteiger partial charge on any atom is 0.303 e. The van der Waals surface area contributed by atoms with E-state index in [2.05, 4.69) is 0 Å². The maximum absolute atomic E-state index is 11.0. The Bertz CT molecular complexity index is 311. The van der Waals surface area contributed by atoms with Crippen LogP contribution < -0.4 is 4.74 Å². The Morgan fingerprint density at radius 1 is 1.46 bits per heavy atom. The summed E-state index contributed by atoms with van der Waals surface area (Å²) >= 11 is 0. The van der Waals surface area contributed by atoms with E-state index in [1.54, 1.807) is 12.1 Å². The molecule has 0 aliphatic heterocycles. The third kappa shape index (κ3) is 2.17. The first kappa shape index (κ1) is 9.50. The van der Waals surface area contributed by atoms with Crippen molar-refractivity contribution in [1.29, 1.82) is 0 Å². The minimum absolute atomic E-state index is 0.143. The molecule has 0 bridgehead atoms. The van der Waals surface area contributed by atoms with Crippen molar-refractivity contribution >= 4 is 5.91 Å². The number of methoxy groups -OCH3 is 1. The van der Waals surface area contributed by atoms with Crippen molar-refractivity contribution < 1.29 is 19.9 Å². The molecule has 5 nitrogen and oxygen atoms in total. The van der Waals surface area contributed by atoms with Gasteiger partial charge in [0.25, 0.3) is 0 Å². The van der Waals surface area contributed by atoms with E-state index in [-0.39, 0.29) is 5.56 Å². The molecule has 0 unspecified atom stereocenters. The zero-order chi connectivity index (χ0) is 9.84. The number of nitrogens with zero attached hydrogens (tertiary/aromatic N) is 1. The molecule has 1 amide bonds. The Kier molecular flexibility index (Phi) is 2.84. The summed E-state index contributed by atoms with van der Waals surface area (Å²) in [6, 6.07) is 6.08. The molecule has 70 valence electrons. The molecule has 0 aromatic heterocycles. The number of rotatable bonds is 2. The van der Waals surface area contributed by atoms with E-state index in [1.165, 1.54) is 19.2 Å². The van der Waals surface area contributed by atoms with E-state index in [0.717, 1.165) is 0 Å². The molecule has 0 atom stereocenters. The highest BCUT2D eigenvalue weighted by molar-refractivity contribution is 5.92. The van der Waals surface area contributed by atoms with Gasteiger partial charge in [0.1, 0.15) is 5.75 Å². The van der Waals surface area contributed by atoms with Gasteiger partial charge in [-0.2, -0.15) is 0 Å². The van der Waals surface area contributed by atoms with E-state index in [1.807, 2.05) is 0 Å². The Balaban J connectivity index is 2.95. The van der Waals surface area contributed by atoms with Crippen LogP contribution in [0.3, 0.4) is 0 Å². The van der Waals surface area contributed by atoms with Crippen LogP contribution in [0.1, 0.15) is 10.4 Å². The Morgan fingerprint density at radius 2 is 2.15 bits per heavy atom. The number of carbonyl (C=O) groups is 1. The summed E-state index contributed by atoms with van der Waals surface area (Å²) in [7, 11) is 1.46. The second-order valence-corrected chi connectivity index (χ2v) is 2.33. The summed E-state index contributed by atoms with van der Waals surface area (Å²) in [5.41, 5.74) is 0.143. The lowest BCUT2D eigenvalue weighted by Gasteiger charge is -2.06. The fourth-order valence-corrected chi connectivity index (χ4v) is 0.872. The van der Waals surface area contributed by atoms with Crippen molar-refractivity contribution in [3.8, 4) is 5.75 Å². The molecule has 0 saturated carbocycles. The van der Waals surface area contributed by atoms with Gasteiger partial charge in [-0.1, -0.05) is 11.3 Å². The van der Waals surface area contributed by atoms with E-state index < -0.39 is 11.1 Å². The van der Waals surface area contributed by atoms with Crippen LogP contribution in [0.4, 0.5) is 0 Å². The van der Waals surface area contributed by atoms with Crippen LogP contribution in [0, 0.1) is 0 Å². The minimum Gasteiger partial charge on any atom is -0.497 e. The molecule has 1 aromatic carbocycles. The molecule has 0 spiro atoms. The zero-order valence-electron chi connectivity index (χ0n) is 6.97. The quantitative estimate of drug-likeness (QED) is 0.528. The molecule has 0 saturated heterocycles. The third-order valence-electron chi connectivity index (χ3n) is 1.50. The predicted octanol–water partition coefficient (Wildman–Crippen LogP) is 0.916. The number of benzene rings is 1. The highest BCUT2D eigenvalue weighted by Gasteiger charge is 2.11. The van der Waals surface area contributed by atoms with Gasteiger partial charge >= 0.3 is 5.91 Å². The number of carbonyl (C=O) groups excluding carboxylic acids is 1. The fraction of sp³-hybridized carbons (Fsp3) is 0.125. The summed E-state index contributed by atoms with van der Waals surface area (Å²) in [6.45, 7) is 0. The van der Waals surface area contributed by atoms with Crippen LogP contribution in [0.15, 0.2) is 24.3 Å². The van der Waals surface area contributed by atoms with Gasteiger partial charge in [0.15, 0.2) is 0 Å². The lowest BCUT2D eigenvalue weighted by Crippen LogP contribution is -2.23. The molecule has 2 N–H and O–H groups in total. The topological polar surface area (TPSA) is 70.0 Å². The third-order valence-corrected chi connectivity index (χ3v) is 1.50. The van der Waals surface area contributed by atoms with Crippen molar-refractivity contribution in [3.05, 3.63) is 29.8 Å². The number of hydrogen-bond acceptors (Lipinski definition) is 4. The van der Waals surface area contributed by atoms with E-state index in [4.69, 9.17) is 15.2 Å². The second-order valence-electron chi connectivity index (χ2n) is 2.33. The first-order valence-corrected chi connectivity index (χ1v) is 3.51. The van der Waals surface area contributed by atoms with Crippen LogP contribution >= 0.6 is 0 Å². The van der Waals surface area contributed by atoms with Gasteiger partial charge in [0.05, 0.1) is 7.11 Å². The monoisotopic (exact) mass is 183 g/mol. The molecule has 0 aliphatic carbocycles. The Morgan fingerprint density at radius 3 is 2.69 bits per heavy atom. The van der Waals surface area contributed by atoms with Crippen LogP contribution in [0.5, 0.6) is 5.75 Å².